The highest BCUT2D eigenvalue weighted by molar-refractivity contribution is 7.99. The molecule has 2 heterocycles. The van der Waals surface area contributed by atoms with Gasteiger partial charge in [-0.1, -0.05) is 18.7 Å². The Morgan fingerprint density at radius 3 is 2.76 bits per heavy atom. The second kappa shape index (κ2) is 7.56. The molecule has 2 aromatic heterocycles. The molecule has 1 atom stereocenters. The van der Waals surface area contributed by atoms with E-state index in [0.29, 0.717) is 23.5 Å². The molecule has 0 amide bonds. The summed E-state index contributed by atoms with van der Waals surface area (Å²) >= 11 is 1.40. The van der Waals surface area contributed by atoms with Gasteiger partial charge >= 0.3 is 5.69 Å². The summed E-state index contributed by atoms with van der Waals surface area (Å²) in [6.07, 6.45) is 0.851. The van der Waals surface area contributed by atoms with E-state index in [9.17, 15) is 4.79 Å². The van der Waals surface area contributed by atoms with Gasteiger partial charge in [0, 0.05) is 12.1 Å². The number of hydrogen-bond donors (Lipinski definition) is 1. The van der Waals surface area contributed by atoms with Crippen molar-refractivity contribution in [2.75, 3.05) is 7.11 Å². The Morgan fingerprint density at radius 1 is 1.32 bits per heavy atom. The summed E-state index contributed by atoms with van der Waals surface area (Å²) in [4.78, 5) is 11.8. The van der Waals surface area contributed by atoms with Crippen LogP contribution < -0.4 is 10.4 Å². The fourth-order valence-corrected chi connectivity index (χ4v) is 3.18. The Morgan fingerprint density at radius 2 is 2.08 bits per heavy atom. The molecule has 9 heteroatoms. The lowest BCUT2D eigenvalue weighted by molar-refractivity contribution is 0.415. The molecular weight excluding hydrogens is 342 g/mol. The van der Waals surface area contributed by atoms with Crippen molar-refractivity contribution in [3.63, 3.8) is 0 Å². The molecule has 3 aromatic rings. The lowest BCUT2D eigenvalue weighted by Crippen LogP contribution is -2.17. The van der Waals surface area contributed by atoms with E-state index in [1.54, 1.807) is 11.7 Å². The van der Waals surface area contributed by atoms with Crippen LogP contribution in [-0.4, -0.2) is 32.1 Å². The molecule has 0 fully saturated rings. The lowest BCUT2D eigenvalue weighted by atomic mass is 10.2. The van der Waals surface area contributed by atoms with E-state index in [-0.39, 0.29) is 10.9 Å². The Bertz CT molecular complexity index is 884. The maximum absolute atomic E-state index is 11.8. The van der Waals surface area contributed by atoms with Crippen molar-refractivity contribution in [2.45, 2.75) is 37.2 Å². The normalized spacial score (nSPS) is 12.3. The zero-order valence-electron chi connectivity index (χ0n) is 14.2. The van der Waals surface area contributed by atoms with Crippen molar-refractivity contribution < 1.29 is 9.15 Å². The van der Waals surface area contributed by atoms with Crippen molar-refractivity contribution in [3.05, 3.63) is 40.6 Å². The van der Waals surface area contributed by atoms with Gasteiger partial charge in [0.2, 0.25) is 11.8 Å². The van der Waals surface area contributed by atoms with Crippen molar-refractivity contribution in [1.82, 2.24) is 25.0 Å². The summed E-state index contributed by atoms with van der Waals surface area (Å²) in [6, 6.07) is 7.40. The predicted molar refractivity (Wildman–Crippen MR) is 93.7 cm³/mol. The van der Waals surface area contributed by atoms with Gasteiger partial charge in [-0.15, -0.1) is 15.3 Å². The molecule has 1 N–H and O–H groups in total. The molecule has 0 aliphatic heterocycles. The Hall–Kier alpha value is -2.55. The number of ether oxygens (including phenoxy) is 1. The van der Waals surface area contributed by atoms with Gasteiger partial charge in [-0.3, -0.25) is 4.57 Å². The van der Waals surface area contributed by atoms with Gasteiger partial charge in [0.25, 0.3) is 0 Å². The zero-order chi connectivity index (χ0) is 17.8. The molecule has 0 saturated heterocycles. The number of aromatic amines is 1. The second-order valence-electron chi connectivity index (χ2n) is 5.40. The van der Waals surface area contributed by atoms with Gasteiger partial charge in [0.05, 0.1) is 12.4 Å². The van der Waals surface area contributed by atoms with Crippen molar-refractivity contribution in [2.24, 2.45) is 0 Å². The fourth-order valence-electron chi connectivity index (χ4n) is 2.27. The van der Waals surface area contributed by atoms with Crippen LogP contribution in [0.25, 0.3) is 11.5 Å². The number of methoxy groups -OCH3 is 1. The standard InChI is InChI=1S/C16H19N5O3S/c1-4-9-21-15(22)19-20-16(21)25-10(2)13-17-18-14(24-13)11-5-7-12(23-3)8-6-11/h5-8,10H,4,9H2,1-3H3,(H,19,22)/t10-/m0/s1. The average Bonchev–Trinajstić information content (AvgIpc) is 3.25. The molecule has 0 radical (unpaired) electrons. The summed E-state index contributed by atoms with van der Waals surface area (Å²) in [5.74, 6) is 1.69. The molecule has 132 valence electrons. The molecule has 0 aliphatic carbocycles. The number of hydrogen-bond acceptors (Lipinski definition) is 7. The molecule has 0 aliphatic rings. The minimum atomic E-state index is -0.207. The molecule has 3 rings (SSSR count). The van der Waals surface area contributed by atoms with Crippen LogP contribution in [0.3, 0.4) is 0 Å². The van der Waals surface area contributed by atoms with Gasteiger partial charge in [-0.05, 0) is 37.6 Å². The first-order valence-electron chi connectivity index (χ1n) is 7.92. The minimum absolute atomic E-state index is 0.134. The van der Waals surface area contributed by atoms with Crippen LogP contribution >= 0.6 is 11.8 Å². The number of aromatic nitrogens is 5. The van der Waals surface area contributed by atoms with E-state index in [1.807, 2.05) is 38.1 Å². The van der Waals surface area contributed by atoms with Crippen LogP contribution in [0.2, 0.25) is 0 Å². The van der Waals surface area contributed by atoms with Gasteiger partial charge in [-0.2, -0.15) is 0 Å². The van der Waals surface area contributed by atoms with Crippen LogP contribution in [0, 0.1) is 0 Å². The number of nitrogens with one attached hydrogen (secondary N) is 1. The van der Waals surface area contributed by atoms with E-state index in [0.717, 1.165) is 17.7 Å². The van der Waals surface area contributed by atoms with Gasteiger partial charge in [-0.25, -0.2) is 9.89 Å². The largest absolute Gasteiger partial charge is 0.497 e. The molecule has 25 heavy (non-hydrogen) atoms. The monoisotopic (exact) mass is 361 g/mol. The highest BCUT2D eigenvalue weighted by atomic mass is 32.2. The molecule has 0 unspecified atom stereocenters. The smallest absolute Gasteiger partial charge is 0.343 e. The third-order valence-electron chi connectivity index (χ3n) is 3.58. The minimum Gasteiger partial charge on any atom is -0.497 e. The van der Waals surface area contributed by atoms with E-state index in [4.69, 9.17) is 9.15 Å². The van der Waals surface area contributed by atoms with E-state index in [2.05, 4.69) is 20.4 Å². The first-order chi connectivity index (χ1) is 12.1. The number of thioether (sulfide) groups is 1. The third kappa shape index (κ3) is 3.76. The number of nitrogens with zero attached hydrogens (tertiary/aromatic N) is 4. The van der Waals surface area contributed by atoms with Crippen LogP contribution in [-0.2, 0) is 6.54 Å². The molecule has 0 spiro atoms. The van der Waals surface area contributed by atoms with Crippen molar-refractivity contribution in [1.29, 1.82) is 0 Å². The van der Waals surface area contributed by atoms with Crippen LogP contribution in [0.5, 0.6) is 5.75 Å². The van der Waals surface area contributed by atoms with Gasteiger partial charge in [0.1, 0.15) is 5.75 Å². The maximum atomic E-state index is 11.8. The van der Waals surface area contributed by atoms with Crippen molar-refractivity contribution in [3.8, 4) is 17.2 Å². The quantitative estimate of drug-likeness (QED) is 0.646. The van der Waals surface area contributed by atoms with Crippen LogP contribution in [0.15, 0.2) is 38.6 Å². The lowest BCUT2D eigenvalue weighted by Gasteiger charge is -2.07. The Balaban J connectivity index is 1.76. The Labute approximate surface area is 148 Å². The topological polar surface area (TPSA) is 98.8 Å². The third-order valence-corrected chi connectivity index (χ3v) is 4.66. The molecule has 8 nitrogen and oxygen atoms in total. The van der Waals surface area contributed by atoms with Gasteiger partial charge < -0.3 is 9.15 Å². The Kier molecular flexibility index (Phi) is 5.22. The molecule has 1 aromatic carbocycles. The second-order valence-corrected chi connectivity index (χ2v) is 6.70. The van der Waals surface area contributed by atoms with Gasteiger partial charge in [0.15, 0.2) is 5.16 Å². The number of H-pyrrole nitrogens is 1. The highest BCUT2D eigenvalue weighted by Crippen LogP contribution is 2.33. The predicted octanol–water partition coefficient (Wildman–Crippen LogP) is 2.89. The number of rotatable bonds is 7. The summed E-state index contributed by atoms with van der Waals surface area (Å²) in [5, 5.41) is 15.2. The average molecular weight is 361 g/mol. The van der Waals surface area contributed by atoms with Crippen LogP contribution in [0.1, 0.15) is 31.4 Å². The molecule has 0 bridgehead atoms. The zero-order valence-corrected chi connectivity index (χ0v) is 15.0. The summed E-state index contributed by atoms with van der Waals surface area (Å²) in [7, 11) is 1.62. The SMILES string of the molecule is CCCn1c(S[C@@H](C)c2nnc(-c3ccc(OC)cc3)o2)n[nH]c1=O. The first-order valence-corrected chi connectivity index (χ1v) is 8.80. The summed E-state index contributed by atoms with van der Waals surface area (Å²) in [6.45, 7) is 4.56. The van der Waals surface area contributed by atoms with E-state index in [1.165, 1.54) is 11.8 Å². The molecular formula is C16H19N5O3S. The molecule has 0 saturated carbocycles. The maximum Gasteiger partial charge on any atom is 0.343 e. The van der Waals surface area contributed by atoms with Crippen LogP contribution in [0.4, 0.5) is 0 Å². The number of benzene rings is 1. The van der Waals surface area contributed by atoms with E-state index < -0.39 is 0 Å². The fraction of sp³-hybridized carbons (Fsp3) is 0.375. The summed E-state index contributed by atoms with van der Waals surface area (Å²) in [5.41, 5.74) is 0.611. The summed E-state index contributed by atoms with van der Waals surface area (Å²) < 4.78 is 12.5. The highest BCUT2D eigenvalue weighted by Gasteiger charge is 2.19. The first kappa shape index (κ1) is 17.3. The van der Waals surface area contributed by atoms with Crippen molar-refractivity contribution >= 4 is 11.8 Å². The van der Waals surface area contributed by atoms with E-state index >= 15 is 0 Å².